The minimum atomic E-state index is -0.247. The fraction of sp³-hybridized carbons (Fsp3) is 0.238. The van der Waals surface area contributed by atoms with Crippen LogP contribution >= 0.6 is 34.4 Å². The van der Waals surface area contributed by atoms with Gasteiger partial charge >= 0.3 is 0 Å². The summed E-state index contributed by atoms with van der Waals surface area (Å²) in [6, 6.07) is 15.4. The molecular weight excluding hydrogens is 473 g/mol. The third kappa shape index (κ3) is 5.13. The molecule has 1 aliphatic heterocycles. The van der Waals surface area contributed by atoms with Crippen LogP contribution in [0.3, 0.4) is 0 Å². The zero-order chi connectivity index (χ0) is 19.4. The molecule has 1 aliphatic rings. The van der Waals surface area contributed by atoms with Gasteiger partial charge in [0.25, 0.3) is 11.1 Å². The highest BCUT2D eigenvalue weighted by Crippen LogP contribution is 2.33. The molecule has 0 bridgehead atoms. The summed E-state index contributed by atoms with van der Waals surface area (Å²) in [5.74, 6) is 0.553. The summed E-state index contributed by atoms with van der Waals surface area (Å²) < 4.78 is 6.88. The van der Waals surface area contributed by atoms with Crippen molar-refractivity contribution in [3.63, 3.8) is 0 Å². The van der Waals surface area contributed by atoms with Crippen molar-refractivity contribution in [2.24, 2.45) is 0 Å². The number of halogens is 1. The highest BCUT2D eigenvalue weighted by molar-refractivity contribution is 14.1. The van der Waals surface area contributed by atoms with Gasteiger partial charge in [0.2, 0.25) is 0 Å². The number of amides is 2. The lowest BCUT2D eigenvalue weighted by molar-refractivity contribution is -0.123. The van der Waals surface area contributed by atoms with Gasteiger partial charge in [0.15, 0.2) is 0 Å². The monoisotopic (exact) mass is 493 g/mol. The molecule has 0 radical (unpaired) electrons. The molecule has 0 saturated carbocycles. The van der Waals surface area contributed by atoms with Gasteiger partial charge in [0.1, 0.15) is 5.75 Å². The maximum atomic E-state index is 12.6. The van der Waals surface area contributed by atoms with E-state index in [1.54, 1.807) is 6.08 Å². The molecule has 1 heterocycles. The quantitative estimate of drug-likeness (QED) is 0.383. The van der Waals surface area contributed by atoms with E-state index in [1.165, 1.54) is 4.90 Å². The van der Waals surface area contributed by atoms with E-state index in [0.717, 1.165) is 38.6 Å². The zero-order valence-electron chi connectivity index (χ0n) is 15.1. The van der Waals surface area contributed by atoms with Crippen molar-refractivity contribution in [3.8, 4) is 5.75 Å². The largest absolute Gasteiger partial charge is 0.491 e. The van der Waals surface area contributed by atoms with Crippen molar-refractivity contribution in [3.05, 3.63) is 68.1 Å². The third-order valence-corrected chi connectivity index (χ3v) is 5.84. The molecule has 0 aromatic heterocycles. The molecule has 27 heavy (non-hydrogen) atoms. The number of nitrogens with zero attached hydrogens (tertiary/aromatic N) is 1. The lowest BCUT2D eigenvalue weighted by Crippen LogP contribution is -2.27. The minimum Gasteiger partial charge on any atom is -0.491 e. The summed E-state index contributed by atoms with van der Waals surface area (Å²) in [5, 5.41) is -0.235. The van der Waals surface area contributed by atoms with Crippen LogP contribution in [0.5, 0.6) is 5.75 Å². The van der Waals surface area contributed by atoms with Gasteiger partial charge in [0, 0.05) is 3.57 Å². The first-order chi connectivity index (χ1) is 13.0. The molecule has 0 aliphatic carbocycles. The van der Waals surface area contributed by atoms with Gasteiger partial charge in [-0.2, -0.15) is 0 Å². The predicted octanol–water partition coefficient (Wildman–Crippen LogP) is 5.71. The van der Waals surface area contributed by atoms with Gasteiger partial charge in [0.05, 0.1) is 17.6 Å². The van der Waals surface area contributed by atoms with Crippen LogP contribution in [0.15, 0.2) is 53.4 Å². The van der Waals surface area contributed by atoms with Gasteiger partial charge in [-0.3, -0.25) is 14.5 Å². The van der Waals surface area contributed by atoms with Crippen molar-refractivity contribution >= 4 is 51.6 Å². The highest BCUT2D eigenvalue weighted by atomic mass is 127. The molecule has 140 valence electrons. The van der Waals surface area contributed by atoms with Crippen LogP contribution in [0.4, 0.5) is 4.79 Å². The Morgan fingerprint density at radius 2 is 1.78 bits per heavy atom. The Hall–Kier alpha value is -1.80. The number of carbonyl (C=O) groups excluding carboxylic acids is 2. The summed E-state index contributed by atoms with van der Waals surface area (Å²) in [5.41, 5.74) is 1.80. The first-order valence-electron chi connectivity index (χ1n) is 8.73. The number of hydrogen-bond donors (Lipinski definition) is 0. The molecule has 1 unspecified atom stereocenters. The van der Waals surface area contributed by atoms with E-state index in [-0.39, 0.29) is 17.3 Å². The lowest BCUT2D eigenvalue weighted by atomic mass is 10.2. The molecule has 6 heteroatoms. The van der Waals surface area contributed by atoms with Gasteiger partial charge < -0.3 is 4.74 Å². The van der Waals surface area contributed by atoms with Crippen molar-refractivity contribution < 1.29 is 14.3 Å². The Morgan fingerprint density at radius 1 is 1.11 bits per heavy atom. The van der Waals surface area contributed by atoms with Crippen LogP contribution in [0.1, 0.15) is 31.4 Å². The summed E-state index contributed by atoms with van der Waals surface area (Å²) in [6.45, 7) is 4.39. The van der Waals surface area contributed by atoms with E-state index in [9.17, 15) is 9.59 Å². The van der Waals surface area contributed by atoms with Gasteiger partial charge in [-0.15, -0.1) is 0 Å². The highest BCUT2D eigenvalue weighted by Gasteiger charge is 2.34. The second-order valence-corrected chi connectivity index (χ2v) is 8.54. The zero-order valence-corrected chi connectivity index (χ0v) is 18.1. The Balaban J connectivity index is 1.71. The predicted molar refractivity (Wildman–Crippen MR) is 117 cm³/mol. The Morgan fingerprint density at radius 3 is 2.41 bits per heavy atom. The van der Waals surface area contributed by atoms with E-state index in [4.69, 9.17) is 4.74 Å². The second-order valence-electron chi connectivity index (χ2n) is 6.30. The number of carbonyl (C=O) groups is 2. The Labute approximate surface area is 177 Å². The molecule has 3 rings (SSSR count). The average Bonchev–Trinajstić information content (AvgIpc) is 2.92. The molecule has 1 saturated heterocycles. The van der Waals surface area contributed by atoms with E-state index in [0.29, 0.717) is 11.4 Å². The molecule has 0 N–H and O–H groups in total. The van der Waals surface area contributed by atoms with Crippen molar-refractivity contribution in [1.82, 2.24) is 4.90 Å². The van der Waals surface area contributed by atoms with Crippen LogP contribution < -0.4 is 4.74 Å². The van der Waals surface area contributed by atoms with E-state index < -0.39 is 0 Å². The topological polar surface area (TPSA) is 46.6 Å². The number of rotatable bonds is 6. The van der Waals surface area contributed by atoms with Crippen molar-refractivity contribution in [2.75, 3.05) is 0 Å². The normalized spacial score (nSPS) is 16.9. The maximum Gasteiger partial charge on any atom is 0.293 e. The van der Waals surface area contributed by atoms with Crippen LogP contribution in [-0.4, -0.2) is 22.2 Å². The van der Waals surface area contributed by atoms with Crippen molar-refractivity contribution in [2.45, 2.75) is 32.9 Å². The summed E-state index contributed by atoms with van der Waals surface area (Å²) in [4.78, 5) is 26.6. The fourth-order valence-corrected chi connectivity index (χ4v) is 3.72. The summed E-state index contributed by atoms with van der Waals surface area (Å²) in [7, 11) is 0. The molecule has 4 nitrogen and oxygen atoms in total. The number of thioether (sulfide) groups is 1. The fourth-order valence-electron chi connectivity index (χ4n) is 2.52. The van der Waals surface area contributed by atoms with Crippen LogP contribution in [0.2, 0.25) is 0 Å². The van der Waals surface area contributed by atoms with Crippen LogP contribution in [-0.2, 0) is 11.3 Å². The number of hydrogen-bond acceptors (Lipinski definition) is 4. The van der Waals surface area contributed by atoms with Crippen LogP contribution in [0.25, 0.3) is 6.08 Å². The molecule has 2 aromatic carbocycles. The molecule has 2 amide bonds. The van der Waals surface area contributed by atoms with Crippen molar-refractivity contribution in [1.29, 1.82) is 0 Å². The van der Waals surface area contributed by atoms with E-state index >= 15 is 0 Å². The molecule has 1 fully saturated rings. The maximum absolute atomic E-state index is 12.6. The Kier molecular flexibility index (Phi) is 6.59. The van der Waals surface area contributed by atoms with E-state index in [1.807, 2.05) is 55.5 Å². The third-order valence-electron chi connectivity index (χ3n) is 4.22. The second kappa shape index (κ2) is 8.93. The average molecular weight is 493 g/mol. The summed E-state index contributed by atoms with van der Waals surface area (Å²) >= 11 is 3.21. The Bertz CT molecular complexity index is 862. The standard InChI is InChI=1S/C21H20INO3S/c1-3-14(2)26-18-10-6-15(7-11-18)12-19-20(24)23(21(25)27-19)13-16-4-8-17(22)9-5-16/h4-12,14H,3,13H2,1-2H3/b19-12-. The number of benzene rings is 2. The SMILES string of the molecule is CCC(C)Oc1ccc(/C=C2\SC(=O)N(Cc3ccc(I)cc3)C2=O)cc1. The summed E-state index contributed by atoms with van der Waals surface area (Å²) in [6.07, 6.45) is 2.86. The molecule has 1 atom stereocenters. The molecule has 0 spiro atoms. The smallest absolute Gasteiger partial charge is 0.293 e. The molecular formula is C21H20INO3S. The van der Waals surface area contributed by atoms with E-state index in [2.05, 4.69) is 29.5 Å². The van der Waals surface area contributed by atoms with Crippen LogP contribution in [0, 0.1) is 3.57 Å². The van der Waals surface area contributed by atoms with Gasteiger partial charge in [-0.05, 0) is 89.2 Å². The molecule has 2 aromatic rings. The van der Waals surface area contributed by atoms with Gasteiger partial charge in [-0.25, -0.2) is 0 Å². The first kappa shape index (κ1) is 19.9. The number of ether oxygens (including phenoxy) is 1. The lowest BCUT2D eigenvalue weighted by Gasteiger charge is -2.12. The minimum absolute atomic E-state index is 0.161. The first-order valence-corrected chi connectivity index (χ1v) is 10.6. The number of imide groups is 1. The van der Waals surface area contributed by atoms with Gasteiger partial charge in [-0.1, -0.05) is 31.2 Å².